The molecule has 0 amide bonds. The normalized spacial score (nSPS) is 10.7. The molecule has 1 aromatic carbocycles. The Balaban J connectivity index is 2.35. The van der Waals surface area contributed by atoms with E-state index in [9.17, 15) is 0 Å². The van der Waals surface area contributed by atoms with Crippen molar-refractivity contribution in [2.45, 2.75) is 26.8 Å². The summed E-state index contributed by atoms with van der Waals surface area (Å²) in [5.41, 5.74) is 1.05. The predicted octanol–water partition coefficient (Wildman–Crippen LogP) is 3.03. The second-order valence-electron chi connectivity index (χ2n) is 3.87. The first kappa shape index (κ1) is 12.3. The van der Waals surface area contributed by atoms with Crippen LogP contribution in [0.5, 0.6) is 5.75 Å². The van der Waals surface area contributed by atoms with Crippen LogP contribution in [-0.2, 0) is 0 Å². The molecule has 2 nitrogen and oxygen atoms in total. The van der Waals surface area contributed by atoms with E-state index in [2.05, 4.69) is 19.2 Å². The Morgan fingerprint density at radius 3 is 2.73 bits per heavy atom. The average molecular weight is 228 g/mol. The van der Waals surface area contributed by atoms with Gasteiger partial charge in [0.05, 0.1) is 0 Å². The monoisotopic (exact) mass is 227 g/mol. The number of ether oxygens (including phenoxy) is 1. The van der Waals surface area contributed by atoms with Crippen molar-refractivity contribution in [3.8, 4) is 5.75 Å². The van der Waals surface area contributed by atoms with Crippen LogP contribution >= 0.6 is 11.6 Å². The largest absolute Gasteiger partial charge is 0.492 e. The van der Waals surface area contributed by atoms with Gasteiger partial charge in [0.1, 0.15) is 12.4 Å². The van der Waals surface area contributed by atoms with Gasteiger partial charge in [-0.25, -0.2) is 0 Å². The molecule has 0 aliphatic carbocycles. The summed E-state index contributed by atoms with van der Waals surface area (Å²) in [6.45, 7) is 7.75. The highest BCUT2D eigenvalue weighted by Gasteiger charge is 1.98. The SMILES string of the molecule is Cc1cc(OCCNC(C)C)ccc1Cl. The van der Waals surface area contributed by atoms with Gasteiger partial charge >= 0.3 is 0 Å². The summed E-state index contributed by atoms with van der Waals surface area (Å²) in [4.78, 5) is 0. The third-order valence-corrected chi connectivity index (χ3v) is 2.48. The standard InChI is InChI=1S/C12H18ClNO/c1-9(2)14-6-7-15-11-4-5-12(13)10(3)8-11/h4-5,8-9,14H,6-7H2,1-3H3. The first-order chi connectivity index (χ1) is 7.09. The van der Waals surface area contributed by atoms with Crippen molar-refractivity contribution in [2.75, 3.05) is 13.2 Å². The van der Waals surface area contributed by atoms with Gasteiger partial charge in [-0.15, -0.1) is 0 Å². The molecule has 1 N–H and O–H groups in total. The number of aryl methyl sites for hydroxylation is 1. The Kier molecular flexibility index (Phi) is 4.92. The van der Waals surface area contributed by atoms with Gasteiger partial charge in [-0.3, -0.25) is 0 Å². The highest BCUT2D eigenvalue weighted by Crippen LogP contribution is 2.20. The van der Waals surface area contributed by atoms with Crippen LogP contribution in [0.4, 0.5) is 0 Å². The van der Waals surface area contributed by atoms with Gasteiger partial charge in [0, 0.05) is 17.6 Å². The van der Waals surface area contributed by atoms with Crippen LogP contribution in [0, 0.1) is 6.92 Å². The lowest BCUT2D eigenvalue weighted by atomic mass is 10.2. The molecule has 0 unspecified atom stereocenters. The van der Waals surface area contributed by atoms with Crippen LogP contribution in [0.25, 0.3) is 0 Å². The zero-order valence-electron chi connectivity index (χ0n) is 9.51. The maximum Gasteiger partial charge on any atom is 0.119 e. The summed E-state index contributed by atoms with van der Waals surface area (Å²) in [6, 6.07) is 6.21. The Labute approximate surface area is 96.6 Å². The summed E-state index contributed by atoms with van der Waals surface area (Å²) in [5.74, 6) is 0.877. The summed E-state index contributed by atoms with van der Waals surface area (Å²) in [7, 11) is 0. The van der Waals surface area contributed by atoms with Crippen molar-refractivity contribution in [1.29, 1.82) is 0 Å². The van der Waals surface area contributed by atoms with E-state index in [1.54, 1.807) is 0 Å². The fourth-order valence-corrected chi connectivity index (χ4v) is 1.34. The quantitative estimate of drug-likeness (QED) is 0.781. The van der Waals surface area contributed by atoms with Gasteiger partial charge in [-0.05, 0) is 30.7 Å². The van der Waals surface area contributed by atoms with Crippen LogP contribution < -0.4 is 10.1 Å². The zero-order chi connectivity index (χ0) is 11.3. The molecule has 0 aliphatic rings. The van der Waals surface area contributed by atoms with Crippen LogP contribution in [0.3, 0.4) is 0 Å². The van der Waals surface area contributed by atoms with Gasteiger partial charge < -0.3 is 10.1 Å². The third kappa shape index (κ3) is 4.54. The number of rotatable bonds is 5. The highest BCUT2D eigenvalue weighted by molar-refractivity contribution is 6.31. The van der Waals surface area contributed by atoms with E-state index < -0.39 is 0 Å². The minimum absolute atomic E-state index is 0.501. The van der Waals surface area contributed by atoms with E-state index in [4.69, 9.17) is 16.3 Å². The van der Waals surface area contributed by atoms with E-state index in [0.717, 1.165) is 22.9 Å². The second-order valence-corrected chi connectivity index (χ2v) is 4.28. The highest BCUT2D eigenvalue weighted by atomic mass is 35.5. The van der Waals surface area contributed by atoms with E-state index in [-0.39, 0.29) is 0 Å². The van der Waals surface area contributed by atoms with Crippen molar-refractivity contribution >= 4 is 11.6 Å². The van der Waals surface area contributed by atoms with E-state index in [1.165, 1.54) is 0 Å². The summed E-state index contributed by atoms with van der Waals surface area (Å²) in [6.07, 6.45) is 0. The average Bonchev–Trinajstić information content (AvgIpc) is 2.18. The minimum atomic E-state index is 0.501. The zero-order valence-corrected chi connectivity index (χ0v) is 10.3. The van der Waals surface area contributed by atoms with E-state index >= 15 is 0 Å². The van der Waals surface area contributed by atoms with Crippen molar-refractivity contribution in [3.05, 3.63) is 28.8 Å². The van der Waals surface area contributed by atoms with Crippen molar-refractivity contribution < 1.29 is 4.74 Å². The number of hydrogen-bond donors (Lipinski definition) is 1. The summed E-state index contributed by atoms with van der Waals surface area (Å²) < 4.78 is 5.57. The van der Waals surface area contributed by atoms with E-state index in [0.29, 0.717) is 12.6 Å². The van der Waals surface area contributed by atoms with E-state index in [1.807, 2.05) is 25.1 Å². The van der Waals surface area contributed by atoms with Crippen molar-refractivity contribution in [2.24, 2.45) is 0 Å². The first-order valence-corrected chi connectivity index (χ1v) is 5.59. The second kappa shape index (κ2) is 5.99. The van der Waals surface area contributed by atoms with Crippen LogP contribution in [0.2, 0.25) is 5.02 Å². The number of hydrogen-bond acceptors (Lipinski definition) is 2. The minimum Gasteiger partial charge on any atom is -0.492 e. The Morgan fingerprint density at radius 2 is 2.13 bits per heavy atom. The third-order valence-electron chi connectivity index (χ3n) is 2.05. The molecular formula is C12H18ClNO. The molecule has 0 aromatic heterocycles. The topological polar surface area (TPSA) is 21.3 Å². The lowest BCUT2D eigenvalue weighted by Gasteiger charge is -2.10. The van der Waals surface area contributed by atoms with Crippen LogP contribution in [0.15, 0.2) is 18.2 Å². The molecule has 0 aliphatic heterocycles. The van der Waals surface area contributed by atoms with Crippen molar-refractivity contribution in [1.82, 2.24) is 5.32 Å². The maximum atomic E-state index is 5.92. The molecular weight excluding hydrogens is 210 g/mol. The fraction of sp³-hybridized carbons (Fsp3) is 0.500. The van der Waals surface area contributed by atoms with Crippen LogP contribution in [-0.4, -0.2) is 19.2 Å². The van der Waals surface area contributed by atoms with Gasteiger partial charge in [0.25, 0.3) is 0 Å². The molecule has 0 spiro atoms. The summed E-state index contributed by atoms with van der Waals surface area (Å²) >= 11 is 5.92. The first-order valence-electron chi connectivity index (χ1n) is 5.22. The Morgan fingerprint density at radius 1 is 1.40 bits per heavy atom. The molecule has 0 saturated carbocycles. The maximum absolute atomic E-state index is 5.92. The fourth-order valence-electron chi connectivity index (χ4n) is 1.22. The van der Waals surface area contributed by atoms with Crippen LogP contribution in [0.1, 0.15) is 19.4 Å². The van der Waals surface area contributed by atoms with Gasteiger partial charge in [0.2, 0.25) is 0 Å². The van der Waals surface area contributed by atoms with Crippen molar-refractivity contribution in [3.63, 3.8) is 0 Å². The number of halogens is 1. The lowest BCUT2D eigenvalue weighted by molar-refractivity contribution is 0.309. The molecule has 0 atom stereocenters. The number of nitrogens with one attached hydrogen (secondary N) is 1. The Bertz CT molecular complexity index is 312. The molecule has 1 aromatic rings. The molecule has 0 saturated heterocycles. The molecule has 0 fully saturated rings. The molecule has 3 heteroatoms. The predicted molar refractivity (Wildman–Crippen MR) is 64.8 cm³/mol. The molecule has 1 rings (SSSR count). The Hall–Kier alpha value is -0.730. The smallest absolute Gasteiger partial charge is 0.119 e. The molecule has 84 valence electrons. The lowest BCUT2D eigenvalue weighted by Crippen LogP contribution is -2.27. The molecule has 0 radical (unpaired) electrons. The summed E-state index contributed by atoms with van der Waals surface area (Å²) in [5, 5.41) is 4.07. The van der Waals surface area contributed by atoms with Gasteiger partial charge in [-0.2, -0.15) is 0 Å². The van der Waals surface area contributed by atoms with Gasteiger partial charge in [-0.1, -0.05) is 25.4 Å². The molecule has 0 heterocycles. The van der Waals surface area contributed by atoms with Gasteiger partial charge in [0.15, 0.2) is 0 Å². The molecule has 0 bridgehead atoms. The number of benzene rings is 1. The molecule has 15 heavy (non-hydrogen) atoms.